The standard InChI is InChI=1S/C15H11BrFN3/c16-13-7-11(8-14(17)9-13)10-20-6-5-19-15(20)12-1-3-18-4-2-12/h1-9H,10H2. The average Bonchev–Trinajstić information content (AvgIpc) is 2.86. The third-order valence-electron chi connectivity index (χ3n) is 2.93. The summed E-state index contributed by atoms with van der Waals surface area (Å²) in [5.74, 6) is 0.590. The molecule has 5 heteroatoms. The van der Waals surface area contributed by atoms with Gasteiger partial charge in [0.15, 0.2) is 0 Å². The number of imidazole rings is 1. The van der Waals surface area contributed by atoms with Gasteiger partial charge in [-0.3, -0.25) is 4.98 Å². The predicted molar refractivity (Wildman–Crippen MR) is 78.7 cm³/mol. The number of hydrogen-bond donors (Lipinski definition) is 0. The van der Waals surface area contributed by atoms with Crippen LogP contribution in [0.2, 0.25) is 0 Å². The van der Waals surface area contributed by atoms with Crippen LogP contribution in [-0.4, -0.2) is 14.5 Å². The van der Waals surface area contributed by atoms with Crippen LogP contribution in [-0.2, 0) is 6.54 Å². The smallest absolute Gasteiger partial charge is 0.140 e. The maximum Gasteiger partial charge on any atom is 0.140 e. The number of halogens is 2. The minimum atomic E-state index is -0.250. The first-order chi connectivity index (χ1) is 9.72. The Morgan fingerprint density at radius 3 is 2.65 bits per heavy atom. The van der Waals surface area contributed by atoms with Crippen molar-refractivity contribution in [2.24, 2.45) is 0 Å². The van der Waals surface area contributed by atoms with Gasteiger partial charge in [-0.2, -0.15) is 0 Å². The van der Waals surface area contributed by atoms with Crippen molar-refractivity contribution >= 4 is 15.9 Å². The van der Waals surface area contributed by atoms with E-state index in [-0.39, 0.29) is 5.82 Å². The minimum Gasteiger partial charge on any atom is -0.327 e. The summed E-state index contributed by atoms with van der Waals surface area (Å²) < 4.78 is 16.1. The maximum atomic E-state index is 13.4. The largest absolute Gasteiger partial charge is 0.327 e. The van der Waals surface area contributed by atoms with Crippen molar-refractivity contribution in [2.75, 3.05) is 0 Å². The highest BCUT2D eigenvalue weighted by atomic mass is 79.9. The molecule has 0 bridgehead atoms. The Hall–Kier alpha value is -2.01. The third kappa shape index (κ3) is 2.77. The molecule has 3 rings (SSSR count). The van der Waals surface area contributed by atoms with Gasteiger partial charge in [0.2, 0.25) is 0 Å². The molecule has 2 aromatic heterocycles. The van der Waals surface area contributed by atoms with Crippen molar-refractivity contribution in [1.29, 1.82) is 0 Å². The number of hydrogen-bond acceptors (Lipinski definition) is 2. The van der Waals surface area contributed by atoms with E-state index in [4.69, 9.17) is 0 Å². The van der Waals surface area contributed by atoms with Gasteiger partial charge >= 0.3 is 0 Å². The van der Waals surface area contributed by atoms with Crippen LogP contribution in [0.3, 0.4) is 0 Å². The lowest BCUT2D eigenvalue weighted by Gasteiger charge is -2.08. The van der Waals surface area contributed by atoms with Gasteiger partial charge < -0.3 is 4.57 Å². The molecule has 0 N–H and O–H groups in total. The zero-order chi connectivity index (χ0) is 13.9. The summed E-state index contributed by atoms with van der Waals surface area (Å²) in [5, 5.41) is 0. The summed E-state index contributed by atoms with van der Waals surface area (Å²) in [4.78, 5) is 8.36. The van der Waals surface area contributed by atoms with Gasteiger partial charge in [0.1, 0.15) is 11.6 Å². The van der Waals surface area contributed by atoms with Gasteiger partial charge in [0.25, 0.3) is 0 Å². The molecule has 0 spiro atoms. The van der Waals surface area contributed by atoms with Gasteiger partial charge in [-0.15, -0.1) is 0 Å². The van der Waals surface area contributed by atoms with Crippen LogP contribution in [0.25, 0.3) is 11.4 Å². The molecule has 0 saturated heterocycles. The Morgan fingerprint density at radius 2 is 1.90 bits per heavy atom. The van der Waals surface area contributed by atoms with Gasteiger partial charge in [-0.05, 0) is 35.9 Å². The fourth-order valence-corrected chi connectivity index (χ4v) is 2.61. The summed E-state index contributed by atoms with van der Waals surface area (Å²) in [7, 11) is 0. The number of benzene rings is 1. The van der Waals surface area contributed by atoms with Crippen LogP contribution in [0.5, 0.6) is 0 Å². The molecule has 3 aromatic rings. The quantitative estimate of drug-likeness (QED) is 0.728. The third-order valence-corrected chi connectivity index (χ3v) is 3.39. The molecule has 0 atom stereocenters. The van der Waals surface area contributed by atoms with E-state index >= 15 is 0 Å². The first-order valence-corrected chi connectivity index (χ1v) is 6.88. The molecule has 0 saturated carbocycles. The molecule has 3 nitrogen and oxygen atoms in total. The summed E-state index contributed by atoms with van der Waals surface area (Å²) in [6.45, 7) is 0.564. The topological polar surface area (TPSA) is 30.7 Å². The monoisotopic (exact) mass is 331 g/mol. The Morgan fingerprint density at radius 1 is 1.10 bits per heavy atom. The van der Waals surface area contributed by atoms with E-state index in [0.29, 0.717) is 6.54 Å². The van der Waals surface area contributed by atoms with Crippen molar-refractivity contribution in [2.45, 2.75) is 6.54 Å². The molecular formula is C15H11BrFN3. The highest BCUT2D eigenvalue weighted by Crippen LogP contribution is 2.20. The van der Waals surface area contributed by atoms with Gasteiger partial charge in [0, 0.05) is 41.4 Å². The van der Waals surface area contributed by atoms with Gasteiger partial charge in [-0.1, -0.05) is 15.9 Å². The summed E-state index contributed by atoms with van der Waals surface area (Å²) in [6, 6.07) is 8.68. The first-order valence-electron chi connectivity index (χ1n) is 6.09. The van der Waals surface area contributed by atoms with E-state index in [1.54, 1.807) is 18.6 Å². The number of aromatic nitrogens is 3. The molecular weight excluding hydrogens is 321 g/mol. The summed E-state index contributed by atoms with van der Waals surface area (Å²) >= 11 is 3.31. The first kappa shape index (κ1) is 13.0. The molecule has 100 valence electrons. The van der Waals surface area contributed by atoms with E-state index < -0.39 is 0 Å². The SMILES string of the molecule is Fc1cc(Br)cc(Cn2ccnc2-c2ccncc2)c1. The van der Waals surface area contributed by atoms with Crippen molar-refractivity contribution in [3.8, 4) is 11.4 Å². The molecule has 0 fully saturated rings. The van der Waals surface area contributed by atoms with E-state index in [1.807, 2.05) is 29.0 Å². The minimum absolute atomic E-state index is 0.250. The van der Waals surface area contributed by atoms with Crippen LogP contribution in [0.1, 0.15) is 5.56 Å². The molecule has 0 amide bonds. The number of pyridine rings is 1. The molecule has 0 aliphatic rings. The fourth-order valence-electron chi connectivity index (χ4n) is 2.10. The molecule has 0 aliphatic heterocycles. The second kappa shape index (κ2) is 5.54. The molecule has 0 aliphatic carbocycles. The molecule has 20 heavy (non-hydrogen) atoms. The van der Waals surface area contributed by atoms with Crippen molar-refractivity contribution in [1.82, 2.24) is 14.5 Å². The lowest BCUT2D eigenvalue weighted by atomic mass is 10.2. The zero-order valence-corrected chi connectivity index (χ0v) is 12.1. The molecule has 0 unspecified atom stereocenters. The van der Waals surface area contributed by atoms with E-state index in [0.717, 1.165) is 21.4 Å². The Labute approximate surface area is 124 Å². The number of nitrogens with zero attached hydrogens (tertiary/aromatic N) is 3. The second-order valence-corrected chi connectivity index (χ2v) is 5.31. The van der Waals surface area contributed by atoms with E-state index in [2.05, 4.69) is 25.9 Å². The van der Waals surface area contributed by atoms with Crippen LogP contribution in [0.15, 0.2) is 59.6 Å². The van der Waals surface area contributed by atoms with Gasteiger partial charge in [0.05, 0.1) is 0 Å². The van der Waals surface area contributed by atoms with Crippen LogP contribution in [0.4, 0.5) is 4.39 Å². The molecule has 2 heterocycles. The lowest BCUT2D eigenvalue weighted by molar-refractivity contribution is 0.622. The van der Waals surface area contributed by atoms with Crippen molar-refractivity contribution in [3.63, 3.8) is 0 Å². The Balaban J connectivity index is 1.94. The zero-order valence-electron chi connectivity index (χ0n) is 10.5. The highest BCUT2D eigenvalue weighted by Gasteiger charge is 2.07. The van der Waals surface area contributed by atoms with Crippen LogP contribution >= 0.6 is 15.9 Å². The predicted octanol–water partition coefficient (Wildman–Crippen LogP) is 3.90. The Bertz CT molecular complexity index is 705. The fraction of sp³-hybridized carbons (Fsp3) is 0.0667. The summed E-state index contributed by atoms with van der Waals surface area (Å²) in [6.07, 6.45) is 7.08. The van der Waals surface area contributed by atoms with E-state index in [1.165, 1.54) is 12.1 Å². The van der Waals surface area contributed by atoms with Crippen LogP contribution < -0.4 is 0 Å². The maximum absolute atomic E-state index is 13.4. The van der Waals surface area contributed by atoms with Crippen molar-refractivity contribution < 1.29 is 4.39 Å². The molecule has 0 radical (unpaired) electrons. The average molecular weight is 332 g/mol. The highest BCUT2D eigenvalue weighted by molar-refractivity contribution is 9.10. The van der Waals surface area contributed by atoms with Crippen LogP contribution in [0, 0.1) is 5.82 Å². The normalized spacial score (nSPS) is 10.7. The summed E-state index contributed by atoms with van der Waals surface area (Å²) in [5.41, 5.74) is 1.87. The lowest BCUT2D eigenvalue weighted by Crippen LogP contribution is -2.01. The number of rotatable bonds is 3. The Kier molecular flexibility index (Phi) is 3.60. The molecule has 1 aromatic carbocycles. The van der Waals surface area contributed by atoms with Crippen molar-refractivity contribution in [3.05, 3.63) is 71.0 Å². The van der Waals surface area contributed by atoms with Gasteiger partial charge in [-0.25, -0.2) is 9.37 Å². The van der Waals surface area contributed by atoms with E-state index in [9.17, 15) is 4.39 Å². The second-order valence-electron chi connectivity index (χ2n) is 4.39.